The molecule has 0 saturated carbocycles. The molecule has 3 nitrogen and oxygen atoms in total. The molecule has 0 aliphatic heterocycles. The van der Waals surface area contributed by atoms with Crippen LogP contribution in [0, 0.1) is 0 Å². The molecule has 0 saturated heterocycles. The lowest BCUT2D eigenvalue weighted by Gasteiger charge is -2.26. The molecular weight excluding hydrogens is 236 g/mol. The van der Waals surface area contributed by atoms with Crippen LogP contribution in [0.1, 0.15) is 38.1 Å². The molecule has 0 aliphatic rings. The lowest BCUT2D eigenvalue weighted by atomic mass is 10.0. The van der Waals surface area contributed by atoms with Crippen molar-refractivity contribution in [2.75, 3.05) is 0 Å². The van der Waals surface area contributed by atoms with Crippen LogP contribution >= 0.6 is 0 Å². The largest absolute Gasteiger partial charge is 0.482 e. The lowest BCUT2D eigenvalue weighted by molar-refractivity contribution is 0.104. The highest BCUT2D eigenvalue weighted by Gasteiger charge is 2.23. The van der Waals surface area contributed by atoms with Crippen molar-refractivity contribution in [3.63, 3.8) is 0 Å². The fourth-order valence-corrected chi connectivity index (χ4v) is 1.91. The minimum absolute atomic E-state index is 0.0397. The molecule has 1 atom stereocenters. The molecule has 2 aromatic rings. The van der Waals surface area contributed by atoms with Gasteiger partial charge >= 0.3 is 0 Å². The second kappa shape index (κ2) is 5.41. The molecule has 3 heteroatoms. The first kappa shape index (κ1) is 13.6. The Kier molecular flexibility index (Phi) is 3.86. The number of hydrogen-bond acceptors (Lipinski definition) is 3. The summed E-state index contributed by atoms with van der Waals surface area (Å²) in [5.74, 6) is 0.819. The number of aromatic nitrogens is 1. The Labute approximate surface area is 114 Å². The van der Waals surface area contributed by atoms with E-state index in [4.69, 9.17) is 10.5 Å². The van der Waals surface area contributed by atoms with Gasteiger partial charge in [0, 0.05) is 12.2 Å². The van der Waals surface area contributed by atoms with Crippen LogP contribution in [0.2, 0.25) is 0 Å². The van der Waals surface area contributed by atoms with Crippen LogP contribution in [0.5, 0.6) is 5.75 Å². The average Bonchev–Trinajstić information content (AvgIpc) is 2.40. The third kappa shape index (κ3) is 3.32. The molecule has 19 heavy (non-hydrogen) atoms. The summed E-state index contributed by atoms with van der Waals surface area (Å²) in [5, 5.41) is 0. The minimum atomic E-state index is -0.461. The number of nitrogens with two attached hydrogens (primary N) is 1. The van der Waals surface area contributed by atoms with Crippen molar-refractivity contribution in [3.8, 4) is 5.75 Å². The van der Waals surface area contributed by atoms with E-state index in [1.165, 1.54) is 0 Å². The maximum Gasteiger partial charge on any atom is 0.145 e. The van der Waals surface area contributed by atoms with E-state index in [0.717, 1.165) is 17.0 Å². The van der Waals surface area contributed by atoms with Crippen molar-refractivity contribution in [2.45, 2.75) is 32.4 Å². The quantitative estimate of drug-likeness (QED) is 0.911. The van der Waals surface area contributed by atoms with E-state index < -0.39 is 5.60 Å². The molecule has 1 heterocycles. The maximum absolute atomic E-state index is 6.02. The zero-order valence-electron chi connectivity index (χ0n) is 11.6. The van der Waals surface area contributed by atoms with Crippen LogP contribution in [0.4, 0.5) is 0 Å². The van der Waals surface area contributed by atoms with Crippen LogP contribution in [0.3, 0.4) is 0 Å². The van der Waals surface area contributed by atoms with Crippen molar-refractivity contribution < 1.29 is 4.74 Å². The molecule has 100 valence electrons. The van der Waals surface area contributed by atoms with E-state index in [1.807, 2.05) is 63.2 Å². The number of benzene rings is 1. The fourth-order valence-electron chi connectivity index (χ4n) is 1.91. The number of pyridine rings is 1. The Morgan fingerprint density at radius 1 is 1.11 bits per heavy atom. The second-order valence-electron chi connectivity index (χ2n) is 5.19. The first-order valence-electron chi connectivity index (χ1n) is 6.45. The summed E-state index contributed by atoms with van der Waals surface area (Å²) in [6.07, 6.45) is 1.78. The van der Waals surface area contributed by atoms with Crippen LogP contribution in [-0.4, -0.2) is 4.98 Å². The molecule has 0 radical (unpaired) electrons. The SMILES string of the molecule is CC(N)c1ccc(OC(C)(C)c2ccccn2)cc1. The van der Waals surface area contributed by atoms with E-state index in [-0.39, 0.29) is 6.04 Å². The summed E-state index contributed by atoms with van der Waals surface area (Å²) in [7, 11) is 0. The second-order valence-corrected chi connectivity index (χ2v) is 5.19. The van der Waals surface area contributed by atoms with Gasteiger partial charge in [-0.15, -0.1) is 0 Å². The van der Waals surface area contributed by atoms with E-state index in [0.29, 0.717) is 0 Å². The Morgan fingerprint density at radius 2 is 1.79 bits per heavy atom. The van der Waals surface area contributed by atoms with Crippen LogP contribution in [0.15, 0.2) is 48.7 Å². The van der Waals surface area contributed by atoms with E-state index in [9.17, 15) is 0 Å². The van der Waals surface area contributed by atoms with Gasteiger partial charge in [0.1, 0.15) is 11.4 Å². The van der Waals surface area contributed by atoms with Crippen molar-refractivity contribution in [1.29, 1.82) is 0 Å². The number of rotatable bonds is 4. The highest BCUT2D eigenvalue weighted by atomic mass is 16.5. The zero-order valence-corrected chi connectivity index (χ0v) is 11.6. The first-order valence-corrected chi connectivity index (χ1v) is 6.45. The highest BCUT2D eigenvalue weighted by Crippen LogP contribution is 2.26. The maximum atomic E-state index is 6.02. The molecule has 1 aromatic carbocycles. The average molecular weight is 256 g/mol. The standard InChI is InChI=1S/C16H20N2O/c1-12(17)13-7-9-14(10-8-13)19-16(2,3)15-6-4-5-11-18-15/h4-12H,17H2,1-3H3. The van der Waals surface area contributed by atoms with Crippen molar-refractivity contribution >= 4 is 0 Å². The van der Waals surface area contributed by atoms with Crippen LogP contribution in [0.25, 0.3) is 0 Å². The van der Waals surface area contributed by atoms with Crippen molar-refractivity contribution in [3.05, 3.63) is 59.9 Å². The molecule has 0 amide bonds. The Balaban J connectivity index is 2.16. The van der Waals surface area contributed by atoms with Gasteiger partial charge in [-0.25, -0.2) is 0 Å². The summed E-state index contributed by atoms with van der Waals surface area (Å²) in [6.45, 7) is 5.98. The third-order valence-electron chi connectivity index (χ3n) is 3.06. The summed E-state index contributed by atoms with van der Waals surface area (Å²) < 4.78 is 6.02. The van der Waals surface area contributed by atoms with Crippen molar-refractivity contribution in [2.24, 2.45) is 5.73 Å². The fraction of sp³-hybridized carbons (Fsp3) is 0.312. The third-order valence-corrected chi connectivity index (χ3v) is 3.06. The lowest BCUT2D eigenvalue weighted by Crippen LogP contribution is -2.26. The molecule has 2 rings (SSSR count). The molecule has 1 unspecified atom stereocenters. The molecule has 0 spiro atoms. The van der Waals surface area contributed by atoms with Gasteiger partial charge in [0.05, 0.1) is 5.69 Å². The van der Waals surface area contributed by atoms with Gasteiger partial charge in [-0.05, 0) is 50.6 Å². The molecule has 1 aromatic heterocycles. The van der Waals surface area contributed by atoms with E-state index in [1.54, 1.807) is 6.20 Å². The Morgan fingerprint density at radius 3 is 2.32 bits per heavy atom. The monoisotopic (exact) mass is 256 g/mol. The molecule has 0 fully saturated rings. The summed E-state index contributed by atoms with van der Waals surface area (Å²) in [4.78, 5) is 4.35. The molecule has 0 aliphatic carbocycles. The van der Waals surface area contributed by atoms with Crippen LogP contribution < -0.4 is 10.5 Å². The number of ether oxygens (including phenoxy) is 1. The van der Waals surface area contributed by atoms with E-state index in [2.05, 4.69) is 4.98 Å². The summed E-state index contributed by atoms with van der Waals surface area (Å²) in [6, 6.07) is 13.8. The van der Waals surface area contributed by atoms with Gasteiger partial charge in [0.2, 0.25) is 0 Å². The van der Waals surface area contributed by atoms with Gasteiger partial charge in [0.15, 0.2) is 0 Å². The molecule has 2 N–H and O–H groups in total. The topological polar surface area (TPSA) is 48.1 Å². The number of nitrogens with zero attached hydrogens (tertiary/aromatic N) is 1. The molecular formula is C16H20N2O. The van der Waals surface area contributed by atoms with Crippen LogP contribution in [-0.2, 0) is 5.60 Å². The summed E-state index contributed by atoms with van der Waals surface area (Å²) >= 11 is 0. The van der Waals surface area contributed by atoms with Gasteiger partial charge in [-0.3, -0.25) is 4.98 Å². The Hall–Kier alpha value is -1.87. The number of hydrogen-bond donors (Lipinski definition) is 1. The minimum Gasteiger partial charge on any atom is -0.482 e. The molecule has 0 bridgehead atoms. The zero-order chi connectivity index (χ0) is 13.9. The van der Waals surface area contributed by atoms with Gasteiger partial charge in [-0.2, -0.15) is 0 Å². The highest BCUT2D eigenvalue weighted by molar-refractivity contribution is 5.30. The van der Waals surface area contributed by atoms with Gasteiger partial charge < -0.3 is 10.5 Å². The van der Waals surface area contributed by atoms with E-state index >= 15 is 0 Å². The Bertz CT molecular complexity index is 518. The predicted octanol–water partition coefficient (Wildman–Crippen LogP) is 3.42. The smallest absolute Gasteiger partial charge is 0.145 e. The normalized spacial score (nSPS) is 13.1. The summed E-state index contributed by atoms with van der Waals surface area (Å²) in [5.41, 5.74) is 7.38. The first-order chi connectivity index (χ1) is 8.99. The van der Waals surface area contributed by atoms with Crippen molar-refractivity contribution in [1.82, 2.24) is 4.98 Å². The van der Waals surface area contributed by atoms with Gasteiger partial charge in [0.25, 0.3) is 0 Å². The predicted molar refractivity (Wildman–Crippen MR) is 76.9 cm³/mol. The van der Waals surface area contributed by atoms with Gasteiger partial charge in [-0.1, -0.05) is 18.2 Å².